The van der Waals surface area contributed by atoms with Crippen molar-refractivity contribution >= 4 is 23.1 Å². The van der Waals surface area contributed by atoms with Crippen LogP contribution in [0.15, 0.2) is 54.7 Å². The topological polar surface area (TPSA) is 59.1 Å². The van der Waals surface area contributed by atoms with Crippen LogP contribution >= 0.6 is 0 Å². The van der Waals surface area contributed by atoms with Gasteiger partial charge in [-0.15, -0.1) is 0 Å². The fourth-order valence-corrected chi connectivity index (χ4v) is 4.13. The van der Waals surface area contributed by atoms with Crippen molar-refractivity contribution in [1.82, 2.24) is 9.97 Å². The number of aromatic nitrogens is 2. The third-order valence-corrected chi connectivity index (χ3v) is 5.78. The highest BCUT2D eigenvalue weighted by Crippen LogP contribution is 2.37. The summed E-state index contributed by atoms with van der Waals surface area (Å²) in [5, 5.41) is 5.79. The lowest BCUT2D eigenvalue weighted by Gasteiger charge is -2.22. The highest BCUT2D eigenvalue weighted by molar-refractivity contribution is 5.67. The van der Waals surface area contributed by atoms with Gasteiger partial charge < -0.3 is 15.4 Å². The van der Waals surface area contributed by atoms with Crippen molar-refractivity contribution in [3.63, 3.8) is 0 Å². The van der Waals surface area contributed by atoms with E-state index in [2.05, 4.69) is 32.7 Å². The molecule has 0 amide bonds. The molecule has 1 aromatic heterocycles. The summed E-state index contributed by atoms with van der Waals surface area (Å²) in [7, 11) is 0. The van der Waals surface area contributed by atoms with Crippen LogP contribution in [0, 0.1) is 0 Å². The maximum Gasteiger partial charge on any atom is 0.421 e. The first-order valence-corrected chi connectivity index (χ1v) is 11.2. The SMILES string of the molecule is CCOc1ccccc1Nc1nc(Nc2ccc(C3CCCCC3)cc2)ncc1C(F)(F)F. The minimum Gasteiger partial charge on any atom is -0.492 e. The summed E-state index contributed by atoms with van der Waals surface area (Å²) in [5.41, 5.74) is 1.46. The van der Waals surface area contributed by atoms with Gasteiger partial charge in [0.25, 0.3) is 0 Å². The molecule has 3 aromatic rings. The number of nitrogens with one attached hydrogen (secondary N) is 2. The van der Waals surface area contributed by atoms with Crippen molar-refractivity contribution in [2.24, 2.45) is 0 Å². The number of benzene rings is 2. The first-order chi connectivity index (χ1) is 15.9. The molecule has 0 spiro atoms. The number of alkyl halides is 3. The first-order valence-electron chi connectivity index (χ1n) is 11.2. The van der Waals surface area contributed by atoms with Gasteiger partial charge in [-0.2, -0.15) is 18.2 Å². The van der Waals surface area contributed by atoms with Crippen LogP contribution in [0.2, 0.25) is 0 Å². The van der Waals surface area contributed by atoms with Crippen molar-refractivity contribution < 1.29 is 17.9 Å². The van der Waals surface area contributed by atoms with E-state index >= 15 is 0 Å². The summed E-state index contributed by atoms with van der Waals surface area (Å²) >= 11 is 0. The second kappa shape index (κ2) is 10.1. The fourth-order valence-electron chi connectivity index (χ4n) is 4.13. The van der Waals surface area contributed by atoms with E-state index in [-0.39, 0.29) is 11.8 Å². The molecular weight excluding hydrogens is 429 g/mol. The number of para-hydroxylation sites is 2. The Hall–Kier alpha value is -3.29. The molecule has 0 atom stereocenters. The Morgan fingerprint density at radius 1 is 0.970 bits per heavy atom. The molecule has 174 valence electrons. The number of hydrogen-bond acceptors (Lipinski definition) is 5. The molecule has 0 aliphatic heterocycles. The smallest absolute Gasteiger partial charge is 0.421 e. The Bertz CT molecular complexity index is 1060. The Balaban J connectivity index is 1.57. The molecule has 5 nitrogen and oxygen atoms in total. The zero-order chi connectivity index (χ0) is 23.3. The summed E-state index contributed by atoms with van der Waals surface area (Å²) in [4.78, 5) is 8.03. The van der Waals surface area contributed by atoms with Crippen LogP contribution in [-0.2, 0) is 6.18 Å². The van der Waals surface area contributed by atoms with Crippen LogP contribution in [0.1, 0.15) is 56.1 Å². The molecule has 0 radical (unpaired) electrons. The van der Waals surface area contributed by atoms with E-state index in [1.165, 1.54) is 37.7 Å². The van der Waals surface area contributed by atoms with Gasteiger partial charge in [0.05, 0.1) is 12.3 Å². The highest BCUT2D eigenvalue weighted by atomic mass is 19.4. The van der Waals surface area contributed by atoms with Crippen LogP contribution in [0.3, 0.4) is 0 Å². The molecule has 0 bridgehead atoms. The third-order valence-electron chi connectivity index (χ3n) is 5.78. The van der Waals surface area contributed by atoms with Gasteiger partial charge in [0.1, 0.15) is 17.1 Å². The lowest BCUT2D eigenvalue weighted by atomic mass is 9.84. The molecule has 8 heteroatoms. The summed E-state index contributed by atoms with van der Waals surface area (Å²) in [5.74, 6) is 0.756. The number of halogens is 3. The predicted octanol–water partition coefficient (Wildman–Crippen LogP) is 7.43. The van der Waals surface area contributed by atoms with Crippen molar-refractivity contribution in [2.75, 3.05) is 17.2 Å². The van der Waals surface area contributed by atoms with Gasteiger partial charge in [-0.05, 0) is 55.5 Å². The minimum atomic E-state index is -4.61. The Morgan fingerprint density at radius 3 is 2.39 bits per heavy atom. The molecule has 1 heterocycles. The normalized spacial score (nSPS) is 14.7. The largest absolute Gasteiger partial charge is 0.492 e. The molecule has 2 aromatic carbocycles. The zero-order valence-electron chi connectivity index (χ0n) is 18.5. The summed E-state index contributed by atoms with van der Waals surface area (Å²) in [6.07, 6.45) is 2.39. The van der Waals surface area contributed by atoms with Gasteiger partial charge in [0.15, 0.2) is 0 Å². The standard InChI is InChI=1S/C25H27F3N4O/c1-2-33-22-11-7-6-10-21(22)31-23-20(25(26,27)28)16-29-24(32-23)30-19-14-12-18(13-15-19)17-8-4-3-5-9-17/h6-7,10-17H,2-5,8-9H2,1H3,(H2,29,30,31,32). The molecule has 1 aliphatic rings. The van der Waals surface area contributed by atoms with E-state index in [0.29, 0.717) is 24.0 Å². The zero-order valence-corrected chi connectivity index (χ0v) is 18.5. The average molecular weight is 457 g/mol. The molecule has 4 rings (SSSR count). The van der Waals surface area contributed by atoms with Crippen LogP contribution in [0.5, 0.6) is 5.75 Å². The number of rotatable bonds is 7. The third kappa shape index (κ3) is 5.74. The molecule has 2 N–H and O–H groups in total. The van der Waals surface area contributed by atoms with E-state index in [0.717, 1.165) is 11.9 Å². The molecule has 1 aliphatic carbocycles. The number of nitrogens with zero attached hydrogens (tertiary/aromatic N) is 2. The maximum absolute atomic E-state index is 13.6. The molecule has 0 unspecified atom stereocenters. The van der Waals surface area contributed by atoms with Gasteiger partial charge >= 0.3 is 6.18 Å². The van der Waals surface area contributed by atoms with Crippen LogP contribution in [0.25, 0.3) is 0 Å². The van der Waals surface area contributed by atoms with E-state index < -0.39 is 11.7 Å². The van der Waals surface area contributed by atoms with E-state index in [1.54, 1.807) is 24.3 Å². The second-order valence-electron chi connectivity index (χ2n) is 8.09. The Morgan fingerprint density at radius 2 is 1.70 bits per heavy atom. The predicted molar refractivity (Wildman–Crippen MR) is 123 cm³/mol. The molecule has 1 saturated carbocycles. The fraction of sp³-hybridized carbons (Fsp3) is 0.360. The number of hydrogen-bond donors (Lipinski definition) is 2. The van der Waals surface area contributed by atoms with Gasteiger partial charge in [-0.1, -0.05) is 43.5 Å². The first kappa shape index (κ1) is 22.9. The molecular formula is C25H27F3N4O. The Labute approximate surface area is 191 Å². The second-order valence-corrected chi connectivity index (χ2v) is 8.09. The van der Waals surface area contributed by atoms with Gasteiger partial charge in [0, 0.05) is 11.9 Å². The van der Waals surface area contributed by atoms with Crippen molar-refractivity contribution in [3.8, 4) is 5.75 Å². The molecule has 0 saturated heterocycles. The van der Waals surface area contributed by atoms with Crippen molar-refractivity contribution in [2.45, 2.75) is 51.1 Å². The van der Waals surface area contributed by atoms with Gasteiger partial charge in [-0.3, -0.25) is 0 Å². The molecule has 33 heavy (non-hydrogen) atoms. The highest BCUT2D eigenvalue weighted by Gasteiger charge is 2.35. The minimum absolute atomic E-state index is 0.0739. The van der Waals surface area contributed by atoms with Gasteiger partial charge in [-0.25, -0.2) is 4.98 Å². The van der Waals surface area contributed by atoms with Crippen LogP contribution in [0.4, 0.5) is 36.3 Å². The van der Waals surface area contributed by atoms with Crippen molar-refractivity contribution in [3.05, 3.63) is 65.9 Å². The monoisotopic (exact) mass is 456 g/mol. The van der Waals surface area contributed by atoms with Crippen molar-refractivity contribution in [1.29, 1.82) is 0 Å². The van der Waals surface area contributed by atoms with E-state index in [1.807, 2.05) is 19.1 Å². The summed E-state index contributed by atoms with van der Waals surface area (Å²) in [6.45, 7) is 2.20. The summed E-state index contributed by atoms with van der Waals surface area (Å²) in [6, 6.07) is 14.8. The van der Waals surface area contributed by atoms with Gasteiger partial charge in [0.2, 0.25) is 5.95 Å². The lowest BCUT2D eigenvalue weighted by molar-refractivity contribution is -0.137. The summed E-state index contributed by atoms with van der Waals surface area (Å²) < 4.78 is 46.3. The van der Waals surface area contributed by atoms with E-state index in [4.69, 9.17) is 4.74 Å². The average Bonchev–Trinajstić information content (AvgIpc) is 2.81. The maximum atomic E-state index is 13.6. The molecule has 1 fully saturated rings. The number of anilines is 4. The van der Waals surface area contributed by atoms with Crippen LogP contribution in [-0.4, -0.2) is 16.6 Å². The Kier molecular flexibility index (Phi) is 7.01. The van der Waals surface area contributed by atoms with Crippen LogP contribution < -0.4 is 15.4 Å². The lowest BCUT2D eigenvalue weighted by Crippen LogP contribution is -2.13. The number of ether oxygens (including phenoxy) is 1. The van der Waals surface area contributed by atoms with E-state index in [9.17, 15) is 13.2 Å². The quantitative estimate of drug-likeness (QED) is 0.387.